The first kappa shape index (κ1) is 13.9. The first-order valence-corrected chi connectivity index (χ1v) is 6.79. The maximum atomic E-state index is 11.9. The number of hydrogen-bond acceptors (Lipinski definition) is 2. The average Bonchev–Trinajstić information content (AvgIpc) is 2.17. The Morgan fingerprint density at radius 2 is 1.88 bits per heavy atom. The van der Waals surface area contributed by atoms with Crippen LogP contribution < -0.4 is 0 Å². The molecule has 0 N–H and O–H groups in total. The Morgan fingerprint density at radius 3 is 2.44 bits per heavy atom. The second-order valence-electron chi connectivity index (χ2n) is 4.27. The van der Waals surface area contributed by atoms with Crippen LogP contribution in [0.15, 0.2) is 0 Å². The number of carbonyl (C=O) groups is 1. The van der Waals surface area contributed by atoms with E-state index in [0.717, 1.165) is 24.3 Å². The van der Waals surface area contributed by atoms with Gasteiger partial charge in [-0.15, -0.1) is 0 Å². The third kappa shape index (κ3) is 6.40. The molecule has 1 saturated heterocycles. The van der Waals surface area contributed by atoms with Gasteiger partial charge >= 0.3 is 6.18 Å². The van der Waals surface area contributed by atoms with Crippen LogP contribution in [0.4, 0.5) is 13.2 Å². The summed E-state index contributed by atoms with van der Waals surface area (Å²) >= 11 is 1.89. The van der Waals surface area contributed by atoms with Gasteiger partial charge in [0.2, 0.25) is 0 Å². The molecule has 0 aromatic carbocycles. The molecule has 1 rings (SSSR count). The van der Waals surface area contributed by atoms with E-state index in [9.17, 15) is 18.0 Å². The Bertz CT molecular complexity index is 222. The maximum absolute atomic E-state index is 11.9. The maximum Gasteiger partial charge on any atom is 0.389 e. The van der Waals surface area contributed by atoms with E-state index in [1.807, 2.05) is 11.8 Å². The van der Waals surface area contributed by atoms with Crippen molar-refractivity contribution in [3.63, 3.8) is 0 Å². The van der Waals surface area contributed by atoms with Gasteiger partial charge in [0.15, 0.2) is 0 Å². The summed E-state index contributed by atoms with van der Waals surface area (Å²) in [6.07, 6.45) is -2.36. The monoisotopic (exact) mass is 254 g/mol. The van der Waals surface area contributed by atoms with E-state index in [4.69, 9.17) is 0 Å². The predicted molar refractivity (Wildman–Crippen MR) is 59.6 cm³/mol. The summed E-state index contributed by atoms with van der Waals surface area (Å²) in [5.41, 5.74) is 0. The quantitative estimate of drug-likeness (QED) is 0.742. The first-order valence-electron chi connectivity index (χ1n) is 5.63. The van der Waals surface area contributed by atoms with E-state index in [1.165, 1.54) is 0 Å². The third-order valence-corrected chi connectivity index (χ3v) is 3.82. The van der Waals surface area contributed by atoms with Gasteiger partial charge in [0.05, 0.1) is 0 Å². The predicted octanol–water partition coefficient (Wildman–Crippen LogP) is 3.82. The first-order chi connectivity index (χ1) is 7.47. The lowest BCUT2D eigenvalue weighted by Crippen LogP contribution is -2.15. The third-order valence-electron chi connectivity index (χ3n) is 2.77. The zero-order chi connectivity index (χ0) is 12.0. The summed E-state index contributed by atoms with van der Waals surface area (Å²) < 4.78 is 35.6. The summed E-state index contributed by atoms with van der Waals surface area (Å²) in [6.45, 7) is 0. The molecule has 1 fully saturated rings. The molecule has 5 heteroatoms. The van der Waals surface area contributed by atoms with Crippen LogP contribution in [0.2, 0.25) is 0 Å². The van der Waals surface area contributed by atoms with Crippen LogP contribution in [-0.4, -0.2) is 23.5 Å². The molecule has 0 aliphatic carbocycles. The van der Waals surface area contributed by atoms with Crippen LogP contribution in [0.5, 0.6) is 0 Å². The van der Waals surface area contributed by atoms with Crippen molar-refractivity contribution in [3.05, 3.63) is 0 Å². The zero-order valence-electron chi connectivity index (χ0n) is 9.18. The van der Waals surface area contributed by atoms with Gasteiger partial charge in [0.25, 0.3) is 0 Å². The van der Waals surface area contributed by atoms with Crippen LogP contribution in [-0.2, 0) is 4.79 Å². The molecule has 0 amide bonds. The Labute approximate surface area is 98.2 Å². The van der Waals surface area contributed by atoms with E-state index in [0.29, 0.717) is 12.3 Å². The fourth-order valence-electron chi connectivity index (χ4n) is 1.86. The van der Waals surface area contributed by atoms with Gasteiger partial charge < -0.3 is 0 Å². The Kier molecular flexibility index (Phi) is 5.66. The minimum atomic E-state index is -4.12. The van der Waals surface area contributed by atoms with Crippen molar-refractivity contribution < 1.29 is 18.0 Å². The van der Waals surface area contributed by atoms with Gasteiger partial charge in [0.1, 0.15) is 5.78 Å². The summed E-state index contributed by atoms with van der Waals surface area (Å²) in [4.78, 5) is 11.4. The molecule has 1 heterocycles. The molecule has 1 aliphatic rings. The molecular formula is C11H17F3OS. The van der Waals surface area contributed by atoms with E-state index in [2.05, 4.69) is 0 Å². The smallest absolute Gasteiger partial charge is 0.300 e. The van der Waals surface area contributed by atoms with Crippen molar-refractivity contribution in [3.8, 4) is 0 Å². The van der Waals surface area contributed by atoms with Crippen molar-refractivity contribution in [1.29, 1.82) is 0 Å². The fourth-order valence-corrected chi connectivity index (χ4v) is 3.06. The number of Topliss-reactive ketones (excluding diaryl/α,β-unsaturated/α-hetero) is 1. The summed E-state index contributed by atoms with van der Waals surface area (Å²) in [6, 6.07) is 0. The van der Waals surface area contributed by atoms with E-state index in [-0.39, 0.29) is 18.6 Å². The van der Waals surface area contributed by atoms with Crippen LogP contribution in [0.1, 0.15) is 38.5 Å². The van der Waals surface area contributed by atoms with Crippen LogP contribution in [0.3, 0.4) is 0 Å². The molecule has 0 spiro atoms. The highest BCUT2D eigenvalue weighted by Gasteiger charge is 2.26. The number of ketones is 1. The van der Waals surface area contributed by atoms with E-state index < -0.39 is 12.6 Å². The number of carbonyl (C=O) groups excluding carboxylic acids is 1. The summed E-state index contributed by atoms with van der Waals surface area (Å²) in [7, 11) is 0. The molecule has 0 bridgehead atoms. The van der Waals surface area contributed by atoms with Crippen molar-refractivity contribution in [1.82, 2.24) is 0 Å². The Balaban J connectivity index is 2.10. The van der Waals surface area contributed by atoms with Gasteiger partial charge in [-0.3, -0.25) is 4.79 Å². The van der Waals surface area contributed by atoms with Crippen LogP contribution in [0, 0.1) is 5.92 Å². The molecule has 0 saturated carbocycles. The van der Waals surface area contributed by atoms with Crippen molar-refractivity contribution in [2.45, 2.75) is 44.7 Å². The van der Waals surface area contributed by atoms with Gasteiger partial charge in [-0.25, -0.2) is 0 Å². The largest absolute Gasteiger partial charge is 0.389 e. The van der Waals surface area contributed by atoms with Crippen molar-refractivity contribution >= 4 is 17.5 Å². The SMILES string of the molecule is O=C(CCCC(F)(F)F)CC1CCSCC1. The topological polar surface area (TPSA) is 17.1 Å². The minimum Gasteiger partial charge on any atom is -0.300 e. The van der Waals surface area contributed by atoms with Crippen LogP contribution >= 0.6 is 11.8 Å². The van der Waals surface area contributed by atoms with E-state index >= 15 is 0 Å². The normalized spacial score (nSPS) is 18.7. The summed E-state index contributed by atoms with van der Waals surface area (Å²) in [5, 5.41) is 0. The van der Waals surface area contributed by atoms with E-state index in [1.54, 1.807) is 0 Å². The minimum absolute atomic E-state index is 0.00106. The molecule has 16 heavy (non-hydrogen) atoms. The Hall–Kier alpha value is -0.190. The number of halogens is 3. The molecule has 0 aromatic rings. The van der Waals surface area contributed by atoms with Gasteiger partial charge in [-0.2, -0.15) is 24.9 Å². The molecule has 1 aliphatic heterocycles. The Morgan fingerprint density at radius 1 is 1.25 bits per heavy atom. The lowest BCUT2D eigenvalue weighted by atomic mass is 9.94. The number of rotatable bonds is 5. The average molecular weight is 254 g/mol. The number of thioether (sulfide) groups is 1. The lowest BCUT2D eigenvalue weighted by Gasteiger charge is -2.20. The highest BCUT2D eigenvalue weighted by atomic mass is 32.2. The zero-order valence-corrected chi connectivity index (χ0v) is 10.0. The van der Waals surface area contributed by atoms with Gasteiger partial charge in [0, 0.05) is 19.3 Å². The summed E-state index contributed by atoms with van der Waals surface area (Å²) in [5.74, 6) is 2.59. The standard InChI is InChI=1S/C11H17F3OS/c12-11(13,14)5-1-2-10(15)8-9-3-6-16-7-4-9/h9H,1-8H2. The highest BCUT2D eigenvalue weighted by Crippen LogP contribution is 2.27. The fraction of sp³-hybridized carbons (Fsp3) is 0.909. The molecule has 94 valence electrons. The van der Waals surface area contributed by atoms with Crippen LogP contribution in [0.25, 0.3) is 0 Å². The van der Waals surface area contributed by atoms with Crippen molar-refractivity contribution in [2.24, 2.45) is 5.92 Å². The molecule has 0 unspecified atom stereocenters. The second kappa shape index (κ2) is 6.52. The molecule has 0 aromatic heterocycles. The highest BCUT2D eigenvalue weighted by molar-refractivity contribution is 7.99. The molecule has 0 radical (unpaired) electrons. The number of alkyl halides is 3. The molecular weight excluding hydrogens is 237 g/mol. The van der Waals surface area contributed by atoms with Gasteiger partial charge in [-0.05, 0) is 36.7 Å². The van der Waals surface area contributed by atoms with Crippen molar-refractivity contribution in [2.75, 3.05) is 11.5 Å². The van der Waals surface area contributed by atoms with Gasteiger partial charge in [-0.1, -0.05) is 0 Å². The second-order valence-corrected chi connectivity index (χ2v) is 5.49. The number of hydrogen-bond donors (Lipinski definition) is 0. The molecule has 0 atom stereocenters. The lowest BCUT2D eigenvalue weighted by molar-refractivity contribution is -0.137. The molecule has 1 nitrogen and oxygen atoms in total.